The normalized spacial score (nSPS) is 20.5. The maximum Gasteiger partial charge on any atom is 0.412 e. The quantitative estimate of drug-likeness (QED) is 0.401. The third-order valence-electron chi connectivity index (χ3n) is 7.29. The van der Waals surface area contributed by atoms with E-state index in [1.807, 2.05) is 0 Å². The van der Waals surface area contributed by atoms with E-state index in [0.29, 0.717) is 49.0 Å². The lowest BCUT2D eigenvalue weighted by atomic mass is 9.90. The van der Waals surface area contributed by atoms with Crippen LogP contribution >= 0.6 is 11.6 Å². The lowest BCUT2D eigenvalue weighted by molar-refractivity contribution is -0.141. The van der Waals surface area contributed by atoms with Gasteiger partial charge in [0.1, 0.15) is 6.04 Å². The number of hydrogen-bond donors (Lipinski definition) is 4. The number of benzene rings is 2. The highest BCUT2D eigenvalue weighted by atomic mass is 35.5. The van der Waals surface area contributed by atoms with E-state index >= 15 is 0 Å². The Labute approximate surface area is 239 Å². The van der Waals surface area contributed by atoms with Gasteiger partial charge in [-0.3, -0.25) is 25.0 Å². The molecular weight excluding hydrogens is 558 g/mol. The number of carbonyl (C=O) groups excluding carboxylic acids is 4. The van der Waals surface area contributed by atoms with E-state index in [1.54, 1.807) is 23.1 Å². The highest BCUT2D eigenvalue weighted by Gasteiger charge is 2.49. The molecule has 2 atom stereocenters. The second kappa shape index (κ2) is 11.6. The van der Waals surface area contributed by atoms with Gasteiger partial charge >= 0.3 is 12.2 Å². The van der Waals surface area contributed by atoms with Crippen LogP contribution in [0.5, 0.6) is 0 Å². The number of morpholine rings is 1. The molecule has 0 bridgehead atoms. The molecule has 1 spiro atoms. The van der Waals surface area contributed by atoms with Crippen molar-refractivity contribution in [3.8, 4) is 0 Å². The number of likely N-dealkylation sites (tertiary alicyclic amines) is 1. The Morgan fingerprint density at radius 3 is 2.49 bits per heavy atom. The lowest BCUT2D eigenvalue weighted by Gasteiger charge is -2.36. The van der Waals surface area contributed by atoms with Crippen LogP contribution in [0.3, 0.4) is 0 Å². The van der Waals surface area contributed by atoms with Crippen molar-refractivity contribution >= 4 is 52.9 Å². The Balaban J connectivity index is 1.36. The molecule has 14 heteroatoms. The number of anilines is 2. The Bertz CT molecular complexity index is 1380. The molecule has 5 amide bonds. The van der Waals surface area contributed by atoms with E-state index in [0.717, 1.165) is 0 Å². The number of nitrogens with one attached hydrogen (secondary N) is 3. The summed E-state index contributed by atoms with van der Waals surface area (Å²) in [5, 5.41) is 16.8. The van der Waals surface area contributed by atoms with Crippen LogP contribution in [0.15, 0.2) is 42.5 Å². The van der Waals surface area contributed by atoms with Gasteiger partial charge in [0.2, 0.25) is 11.8 Å². The second-order valence-corrected chi connectivity index (χ2v) is 10.4. The van der Waals surface area contributed by atoms with E-state index in [4.69, 9.17) is 26.2 Å². The molecule has 0 saturated carbocycles. The summed E-state index contributed by atoms with van der Waals surface area (Å²) in [6.45, 7) is 1.73. The fourth-order valence-corrected chi connectivity index (χ4v) is 5.42. The van der Waals surface area contributed by atoms with E-state index < -0.39 is 35.6 Å². The van der Waals surface area contributed by atoms with Crippen LogP contribution in [0.4, 0.5) is 21.0 Å². The minimum atomic E-state index is -1.25. The van der Waals surface area contributed by atoms with Crippen LogP contribution < -0.4 is 16.0 Å². The van der Waals surface area contributed by atoms with Gasteiger partial charge in [-0.15, -0.1) is 0 Å². The molecule has 216 valence electrons. The summed E-state index contributed by atoms with van der Waals surface area (Å²) in [4.78, 5) is 66.4. The van der Waals surface area contributed by atoms with Crippen LogP contribution in [0, 0.1) is 0 Å². The van der Waals surface area contributed by atoms with Crippen LogP contribution in [0.2, 0.25) is 5.02 Å². The van der Waals surface area contributed by atoms with E-state index in [9.17, 15) is 24.0 Å². The average Bonchev–Trinajstić information content (AvgIpc) is 3.37. The minimum absolute atomic E-state index is 0.0142. The van der Waals surface area contributed by atoms with Crippen LogP contribution in [-0.2, 0) is 24.7 Å². The molecule has 0 unspecified atom stereocenters. The van der Waals surface area contributed by atoms with Gasteiger partial charge in [0.25, 0.3) is 5.91 Å². The van der Waals surface area contributed by atoms with Crippen molar-refractivity contribution in [1.82, 2.24) is 15.1 Å². The van der Waals surface area contributed by atoms with Gasteiger partial charge in [-0.2, -0.15) is 0 Å². The molecule has 0 aliphatic carbocycles. The molecule has 4 N–H and O–H groups in total. The van der Waals surface area contributed by atoms with Crippen molar-refractivity contribution in [1.29, 1.82) is 0 Å². The first-order valence-electron chi connectivity index (χ1n) is 13.0. The van der Waals surface area contributed by atoms with Gasteiger partial charge in [0.15, 0.2) is 5.60 Å². The molecule has 0 aromatic heterocycles. The van der Waals surface area contributed by atoms with E-state index in [1.165, 1.54) is 29.2 Å². The largest absolute Gasteiger partial charge is 0.465 e. The number of carboxylic acid groups (broad SMARTS) is 1. The van der Waals surface area contributed by atoms with Crippen molar-refractivity contribution in [3.05, 3.63) is 58.6 Å². The third kappa shape index (κ3) is 6.20. The van der Waals surface area contributed by atoms with Crippen LogP contribution in [0.25, 0.3) is 0 Å². The number of halogens is 1. The van der Waals surface area contributed by atoms with Crippen molar-refractivity contribution in [3.63, 3.8) is 0 Å². The molecule has 2 aromatic rings. The summed E-state index contributed by atoms with van der Waals surface area (Å²) >= 11 is 6.22. The maximum absolute atomic E-state index is 13.9. The smallest absolute Gasteiger partial charge is 0.412 e. The molecule has 13 nitrogen and oxygen atoms in total. The van der Waals surface area contributed by atoms with E-state index in [-0.39, 0.29) is 36.7 Å². The number of amides is 5. The van der Waals surface area contributed by atoms with Gasteiger partial charge in [-0.25, -0.2) is 9.59 Å². The third-order valence-corrected chi connectivity index (χ3v) is 7.52. The number of hydrogen-bond acceptors (Lipinski definition) is 7. The molecule has 3 aliphatic heterocycles. The average molecular weight is 586 g/mol. The Hall–Kier alpha value is -4.36. The zero-order valence-corrected chi connectivity index (χ0v) is 22.6. The maximum atomic E-state index is 13.9. The molecule has 5 rings (SSSR count). The van der Waals surface area contributed by atoms with Crippen LogP contribution in [-0.4, -0.2) is 90.2 Å². The predicted octanol–water partition coefficient (Wildman–Crippen LogP) is 2.47. The molecule has 41 heavy (non-hydrogen) atoms. The SMILES string of the molecule is O=C(O)Nc1ccc(C(=O)N[C@@H](CC(=O)N2CCOCC2)C(=O)N2CC[C@@]3(C2)OC(=O)Nc2ccc(Cl)cc23)cc1. The van der Waals surface area contributed by atoms with Crippen molar-refractivity contribution in [2.75, 3.05) is 50.0 Å². The summed E-state index contributed by atoms with van der Waals surface area (Å²) in [5.41, 5.74) is 0.483. The van der Waals surface area contributed by atoms with E-state index in [2.05, 4.69) is 16.0 Å². The summed E-state index contributed by atoms with van der Waals surface area (Å²) in [6.07, 6.45) is -1.88. The van der Waals surface area contributed by atoms with Gasteiger partial charge < -0.3 is 29.7 Å². The highest BCUT2D eigenvalue weighted by Crippen LogP contribution is 2.43. The Morgan fingerprint density at radius 2 is 1.78 bits per heavy atom. The molecule has 0 radical (unpaired) electrons. The standard InChI is InChI=1S/C27H28ClN5O8/c28-17-3-6-20-19(13-17)27(41-26(39)31-20)7-8-33(15-27)24(36)21(14-22(34)32-9-11-40-12-10-32)30-23(35)16-1-4-18(5-2-16)29-25(37)38/h1-6,13,21,29H,7-12,14-15H2,(H,30,35)(H,31,39)(H,37,38)/t21-,27-/m0/s1. The number of rotatable bonds is 6. The monoisotopic (exact) mass is 585 g/mol. The number of fused-ring (bicyclic) bond motifs is 2. The fraction of sp³-hybridized carbons (Fsp3) is 0.370. The number of ether oxygens (including phenoxy) is 2. The van der Waals surface area contributed by atoms with Gasteiger partial charge in [0, 0.05) is 47.9 Å². The summed E-state index contributed by atoms with van der Waals surface area (Å²) in [5.74, 6) is -1.43. The number of carbonyl (C=O) groups is 5. The zero-order chi connectivity index (χ0) is 29.1. The van der Waals surface area contributed by atoms with Crippen molar-refractivity contribution < 1.29 is 38.6 Å². The molecule has 2 aromatic carbocycles. The lowest BCUT2D eigenvalue weighted by Crippen LogP contribution is -2.52. The Morgan fingerprint density at radius 1 is 1.05 bits per heavy atom. The molecule has 3 aliphatic rings. The Kier molecular flexibility index (Phi) is 7.99. The first kappa shape index (κ1) is 28.2. The van der Waals surface area contributed by atoms with Gasteiger partial charge in [0.05, 0.1) is 31.9 Å². The fourth-order valence-electron chi connectivity index (χ4n) is 5.25. The molecular formula is C27H28ClN5O8. The van der Waals surface area contributed by atoms with Crippen molar-refractivity contribution in [2.24, 2.45) is 0 Å². The zero-order valence-electron chi connectivity index (χ0n) is 21.9. The molecule has 2 fully saturated rings. The number of nitrogens with zero attached hydrogens (tertiary/aromatic N) is 2. The highest BCUT2D eigenvalue weighted by molar-refractivity contribution is 6.30. The summed E-state index contributed by atoms with van der Waals surface area (Å²) < 4.78 is 11.0. The predicted molar refractivity (Wildman–Crippen MR) is 146 cm³/mol. The second-order valence-electron chi connectivity index (χ2n) is 9.94. The summed E-state index contributed by atoms with van der Waals surface area (Å²) in [7, 11) is 0. The minimum Gasteiger partial charge on any atom is -0.465 e. The first-order valence-corrected chi connectivity index (χ1v) is 13.4. The summed E-state index contributed by atoms with van der Waals surface area (Å²) in [6, 6.07) is 9.44. The van der Waals surface area contributed by atoms with Crippen LogP contribution in [0.1, 0.15) is 28.8 Å². The van der Waals surface area contributed by atoms with Gasteiger partial charge in [-0.05, 0) is 42.5 Å². The molecule has 2 saturated heterocycles. The van der Waals surface area contributed by atoms with Crippen molar-refractivity contribution in [2.45, 2.75) is 24.5 Å². The topological polar surface area (TPSA) is 167 Å². The first-order chi connectivity index (χ1) is 19.6. The van der Waals surface area contributed by atoms with Gasteiger partial charge in [-0.1, -0.05) is 11.6 Å². The molecule has 3 heterocycles.